The third-order valence-corrected chi connectivity index (χ3v) is 6.09. The number of nitrogens with zero attached hydrogens (tertiary/aromatic N) is 4. The number of Topliss-reactive ketones (excluding diaryl/α,β-unsaturated/α-hetero) is 1. The van der Waals surface area contributed by atoms with Crippen LogP contribution >= 0.6 is 0 Å². The predicted molar refractivity (Wildman–Crippen MR) is 89.4 cm³/mol. The summed E-state index contributed by atoms with van der Waals surface area (Å²) < 4.78 is 12.1. The molecule has 2 aliphatic carbocycles. The number of tetrazole rings is 1. The molecule has 3 atom stereocenters. The average Bonchev–Trinajstić information content (AvgIpc) is 3.18. The lowest BCUT2D eigenvalue weighted by atomic mass is 9.75. The second-order valence-corrected chi connectivity index (χ2v) is 7.73. The number of aryl methyl sites for hydroxylation is 1. The van der Waals surface area contributed by atoms with Gasteiger partial charge in [-0.25, -0.2) is 0 Å². The van der Waals surface area contributed by atoms with Crippen molar-refractivity contribution in [2.75, 3.05) is 18.5 Å². The zero-order valence-electron chi connectivity index (χ0n) is 15.0. The molecule has 2 heterocycles. The van der Waals surface area contributed by atoms with Crippen LogP contribution in [0.25, 0.3) is 0 Å². The summed E-state index contributed by atoms with van der Waals surface area (Å²) >= 11 is 0. The summed E-state index contributed by atoms with van der Waals surface area (Å²) in [5.41, 5.74) is 0.143. The van der Waals surface area contributed by atoms with E-state index in [1.54, 1.807) is 7.05 Å². The number of hydrogen-bond donors (Lipinski definition) is 1. The Balaban J connectivity index is 1.64. The van der Waals surface area contributed by atoms with E-state index < -0.39 is 11.2 Å². The van der Waals surface area contributed by atoms with Crippen LogP contribution in [0.1, 0.15) is 39.5 Å². The van der Waals surface area contributed by atoms with E-state index >= 15 is 0 Å². The molecule has 2 fully saturated rings. The van der Waals surface area contributed by atoms with Gasteiger partial charge in [-0.1, -0.05) is 25.0 Å². The minimum Gasteiger partial charge on any atom is -0.347 e. The Morgan fingerprint density at radius 3 is 2.76 bits per heavy atom. The average molecular weight is 347 g/mol. The molecule has 1 spiro atoms. The van der Waals surface area contributed by atoms with Gasteiger partial charge >= 0.3 is 0 Å². The summed E-state index contributed by atoms with van der Waals surface area (Å²) in [6.07, 6.45) is 5.14. The molecule has 1 saturated carbocycles. The number of ether oxygens (including phenoxy) is 2. The van der Waals surface area contributed by atoms with E-state index in [2.05, 4.69) is 34.6 Å². The van der Waals surface area contributed by atoms with Crippen molar-refractivity contribution < 1.29 is 14.3 Å². The molecular weight excluding hydrogens is 322 g/mol. The van der Waals surface area contributed by atoms with E-state index in [0.29, 0.717) is 30.8 Å². The van der Waals surface area contributed by atoms with Gasteiger partial charge in [-0.05, 0) is 30.4 Å². The molecule has 25 heavy (non-hydrogen) atoms. The molecule has 0 aromatic carbocycles. The highest BCUT2D eigenvalue weighted by Crippen LogP contribution is 2.51. The van der Waals surface area contributed by atoms with Crippen LogP contribution in [0.4, 0.5) is 5.95 Å². The smallest absolute Gasteiger partial charge is 0.267 e. The number of carbonyl (C=O) groups excluding carboxylic acids is 1. The number of nitrogens with one attached hydrogen (secondary N) is 1. The number of ketones is 1. The number of anilines is 1. The van der Waals surface area contributed by atoms with Crippen molar-refractivity contribution in [1.82, 2.24) is 20.2 Å². The topological polar surface area (TPSA) is 91.2 Å². The molecule has 1 N–H and O–H groups in total. The number of carbonyl (C=O) groups is 1. The van der Waals surface area contributed by atoms with Gasteiger partial charge in [-0.3, -0.25) is 4.79 Å². The Kier molecular flexibility index (Phi) is 3.92. The fraction of sp³-hybridized carbons (Fsp3) is 0.765. The third-order valence-electron chi connectivity index (χ3n) is 6.09. The largest absolute Gasteiger partial charge is 0.347 e. The molecule has 1 saturated heterocycles. The Bertz CT molecular complexity index is 709. The molecule has 3 aliphatic rings. The molecule has 8 nitrogen and oxygen atoms in total. The van der Waals surface area contributed by atoms with Gasteiger partial charge in [0.25, 0.3) is 5.95 Å². The van der Waals surface area contributed by atoms with Gasteiger partial charge in [-0.15, -0.1) is 5.10 Å². The SMILES string of the molecule is C[C@@H]1[C@@H]2CC=C(Nc3nnn(C)n3)C(=O)[C@](C)(CCC13OCCO3)C2. The molecule has 1 aromatic heterocycles. The minimum absolute atomic E-state index is 0.115. The van der Waals surface area contributed by atoms with Gasteiger partial charge in [0, 0.05) is 17.8 Å². The molecular formula is C17H25N5O3. The molecule has 0 radical (unpaired) electrons. The van der Waals surface area contributed by atoms with Crippen molar-refractivity contribution in [3.8, 4) is 0 Å². The Labute approximate surface area is 146 Å². The Morgan fingerprint density at radius 2 is 2.08 bits per heavy atom. The standard InChI is InChI=1S/C17H25N5O3/c1-11-12-4-5-13(18-15-19-21-22(3)20-15)14(23)16(2,10-12)6-7-17(11)24-8-9-25-17/h5,11-12H,4,6-10H2,1-3H3,(H,18,20)/t11-,12-,16-/m1/s1. The van der Waals surface area contributed by atoms with E-state index in [-0.39, 0.29) is 11.7 Å². The first-order valence-electron chi connectivity index (χ1n) is 8.96. The summed E-state index contributed by atoms with van der Waals surface area (Å²) in [7, 11) is 1.70. The monoisotopic (exact) mass is 347 g/mol. The number of fused-ring (bicyclic) bond motifs is 2. The summed E-state index contributed by atoms with van der Waals surface area (Å²) in [5.74, 6) is 0.531. The molecule has 1 aromatic rings. The highest BCUT2D eigenvalue weighted by Gasteiger charge is 2.53. The maximum absolute atomic E-state index is 13.3. The quantitative estimate of drug-likeness (QED) is 0.870. The lowest BCUT2D eigenvalue weighted by Gasteiger charge is -2.35. The fourth-order valence-corrected chi connectivity index (χ4v) is 4.52. The zero-order valence-corrected chi connectivity index (χ0v) is 15.0. The number of hydrogen-bond acceptors (Lipinski definition) is 7. The maximum atomic E-state index is 13.3. The van der Waals surface area contributed by atoms with E-state index in [0.717, 1.165) is 25.7 Å². The van der Waals surface area contributed by atoms with Crippen molar-refractivity contribution in [3.05, 3.63) is 11.8 Å². The normalized spacial score (nSPS) is 34.5. The van der Waals surface area contributed by atoms with Gasteiger partial charge in [0.15, 0.2) is 11.6 Å². The molecule has 8 heteroatoms. The summed E-state index contributed by atoms with van der Waals surface area (Å²) in [6, 6.07) is 0. The molecule has 136 valence electrons. The third kappa shape index (κ3) is 2.77. The minimum atomic E-state index is -0.520. The van der Waals surface area contributed by atoms with Crippen LogP contribution in [0.2, 0.25) is 0 Å². The molecule has 0 unspecified atom stereocenters. The van der Waals surface area contributed by atoms with Gasteiger partial charge in [0.1, 0.15) is 0 Å². The second-order valence-electron chi connectivity index (χ2n) is 7.73. The molecule has 4 rings (SSSR count). The van der Waals surface area contributed by atoms with Crippen molar-refractivity contribution in [2.45, 2.75) is 45.3 Å². The van der Waals surface area contributed by atoms with Gasteiger partial charge in [0.2, 0.25) is 0 Å². The first kappa shape index (κ1) is 16.7. The first-order valence-corrected chi connectivity index (χ1v) is 8.96. The maximum Gasteiger partial charge on any atom is 0.267 e. The van der Waals surface area contributed by atoms with Crippen molar-refractivity contribution in [1.29, 1.82) is 0 Å². The van der Waals surface area contributed by atoms with Crippen LogP contribution in [0.15, 0.2) is 11.8 Å². The van der Waals surface area contributed by atoms with E-state index in [1.807, 2.05) is 6.08 Å². The van der Waals surface area contributed by atoms with Crippen molar-refractivity contribution in [2.24, 2.45) is 24.3 Å². The van der Waals surface area contributed by atoms with Crippen LogP contribution in [-0.4, -0.2) is 45.0 Å². The van der Waals surface area contributed by atoms with Gasteiger partial charge < -0.3 is 14.8 Å². The predicted octanol–water partition coefficient (Wildman–Crippen LogP) is 1.66. The number of rotatable bonds is 2. The first-order chi connectivity index (χ1) is 11.9. The van der Waals surface area contributed by atoms with E-state index in [1.165, 1.54) is 4.80 Å². The van der Waals surface area contributed by atoms with Gasteiger partial charge in [0.05, 0.1) is 26.0 Å². The lowest BCUT2D eigenvalue weighted by molar-refractivity contribution is -0.204. The molecule has 1 aliphatic heterocycles. The highest BCUT2D eigenvalue weighted by atomic mass is 16.7. The number of aromatic nitrogens is 4. The molecule has 0 amide bonds. The summed E-state index contributed by atoms with van der Waals surface area (Å²) in [5, 5.41) is 14.9. The fourth-order valence-electron chi connectivity index (χ4n) is 4.52. The van der Waals surface area contributed by atoms with E-state index in [4.69, 9.17) is 9.47 Å². The van der Waals surface area contributed by atoms with Crippen molar-refractivity contribution >= 4 is 11.7 Å². The van der Waals surface area contributed by atoms with Gasteiger partial charge in [-0.2, -0.15) is 4.80 Å². The highest BCUT2D eigenvalue weighted by molar-refractivity contribution is 6.02. The summed E-state index contributed by atoms with van der Waals surface area (Å²) in [6.45, 7) is 5.54. The molecule has 2 bridgehead atoms. The second kappa shape index (κ2) is 5.88. The Hall–Kier alpha value is -1.80. The van der Waals surface area contributed by atoms with Crippen LogP contribution in [0.3, 0.4) is 0 Å². The summed E-state index contributed by atoms with van der Waals surface area (Å²) in [4.78, 5) is 14.6. The van der Waals surface area contributed by atoms with Crippen LogP contribution in [0.5, 0.6) is 0 Å². The van der Waals surface area contributed by atoms with Crippen LogP contribution in [-0.2, 0) is 21.3 Å². The van der Waals surface area contributed by atoms with Crippen LogP contribution in [0, 0.1) is 17.3 Å². The van der Waals surface area contributed by atoms with Crippen LogP contribution < -0.4 is 5.32 Å². The zero-order chi connectivity index (χ0) is 17.7. The lowest BCUT2D eigenvalue weighted by Crippen LogP contribution is -2.40. The Morgan fingerprint density at radius 1 is 1.32 bits per heavy atom. The number of allylic oxidation sites excluding steroid dienone is 2. The van der Waals surface area contributed by atoms with E-state index in [9.17, 15) is 4.79 Å². The van der Waals surface area contributed by atoms with Crippen molar-refractivity contribution in [3.63, 3.8) is 0 Å².